The third-order valence-corrected chi connectivity index (χ3v) is 8.15. The molecular formula is C33H27N5S. The zero-order valence-electron chi connectivity index (χ0n) is 21.5. The van der Waals surface area contributed by atoms with E-state index < -0.39 is 0 Å². The van der Waals surface area contributed by atoms with Crippen molar-refractivity contribution in [1.82, 2.24) is 25.5 Å². The summed E-state index contributed by atoms with van der Waals surface area (Å²) in [4.78, 5) is 10.7. The molecule has 39 heavy (non-hydrogen) atoms. The highest BCUT2D eigenvalue weighted by atomic mass is 32.1. The predicted molar refractivity (Wildman–Crippen MR) is 162 cm³/mol. The largest absolute Gasteiger partial charge is 0.353 e. The SMILES string of the molecule is Cc1ccc(-c2cccc3[nH]c(-c4n[nH]c5ccc(-c6cncc(CNCc7ccccc7)c6)cc45)cc23)s1. The molecule has 0 unspecified atom stereocenters. The van der Waals surface area contributed by atoms with Gasteiger partial charge < -0.3 is 10.3 Å². The van der Waals surface area contributed by atoms with Gasteiger partial charge in [-0.05, 0) is 66.1 Å². The average molecular weight is 526 g/mol. The van der Waals surface area contributed by atoms with Crippen LogP contribution in [0.25, 0.3) is 54.8 Å². The topological polar surface area (TPSA) is 69.4 Å². The lowest BCUT2D eigenvalue weighted by Crippen LogP contribution is -2.12. The second-order valence-electron chi connectivity index (χ2n) is 9.86. The maximum Gasteiger partial charge on any atom is 0.116 e. The number of nitrogens with one attached hydrogen (secondary N) is 3. The molecule has 0 atom stereocenters. The summed E-state index contributed by atoms with van der Waals surface area (Å²) in [5.74, 6) is 0. The van der Waals surface area contributed by atoms with Gasteiger partial charge in [0.25, 0.3) is 0 Å². The van der Waals surface area contributed by atoms with Gasteiger partial charge in [0, 0.05) is 62.7 Å². The van der Waals surface area contributed by atoms with Crippen molar-refractivity contribution in [3.8, 4) is 33.0 Å². The second-order valence-corrected chi connectivity index (χ2v) is 11.2. The van der Waals surface area contributed by atoms with E-state index in [9.17, 15) is 0 Å². The summed E-state index contributed by atoms with van der Waals surface area (Å²) in [6.07, 6.45) is 3.86. The van der Waals surface area contributed by atoms with Crippen LogP contribution in [0, 0.1) is 6.92 Å². The fourth-order valence-electron chi connectivity index (χ4n) is 5.16. The zero-order chi connectivity index (χ0) is 26.2. The number of aromatic nitrogens is 4. The molecule has 0 aliphatic carbocycles. The summed E-state index contributed by atoms with van der Waals surface area (Å²) in [6, 6.07) is 32.2. The van der Waals surface area contributed by atoms with Crippen molar-refractivity contribution in [1.29, 1.82) is 0 Å². The molecule has 7 rings (SSSR count). The summed E-state index contributed by atoms with van der Waals surface area (Å²) in [5, 5.41) is 13.7. The number of hydrogen-bond acceptors (Lipinski definition) is 4. The molecule has 0 amide bonds. The number of H-pyrrole nitrogens is 2. The average Bonchev–Trinajstić information content (AvgIpc) is 3.71. The Bertz CT molecular complexity index is 1910. The van der Waals surface area contributed by atoms with Gasteiger partial charge in [-0.1, -0.05) is 48.5 Å². The zero-order valence-corrected chi connectivity index (χ0v) is 22.3. The van der Waals surface area contributed by atoms with E-state index in [2.05, 4.69) is 112 Å². The number of nitrogens with zero attached hydrogens (tertiary/aromatic N) is 2. The van der Waals surface area contributed by atoms with Crippen LogP contribution < -0.4 is 5.32 Å². The summed E-state index contributed by atoms with van der Waals surface area (Å²) in [7, 11) is 0. The number of aryl methyl sites for hydroxylation is 1. The Hall–Kier alpha value is -4.52. The van der Waals surface area contributed by atoms with Crippen LogP contribution in [0.5, 0.6) is 0 Å². The third kappa shape index (κ3) is 4.65. The third-order valence-electron chi connectivity index (χ3n) is 7.12. The molecule has 0 spiro atoms. The van der Waals surface area contributed by atoms with E-state index in [1.165, 1.54) is 26.3 Å². The van der Waals surface area contributed by atoms with E-state index >= 15 is 0 Å². The molecule has 4 heterocycles. The van der Waals surface area contributed by atoms with Gasteiger partial charge in [0.2, 0.25) is 0 Å². The standard InChI is InChI=1S/C33H27N5S/c1-21-10-13-32(39-21)26-8-5-9-29-27(26)16-31(36-29)33-28-15-24(11-12-30(28)37-38-33)25-14-23(19-35-20-25)18-34-17-22-6-3-2-4-7-22/h2-16,19-20,34,36H,17-18H2,1H3,(H,37,38). The number of thiophene rings is 1. The van der Waals surface area contributed by atoms with Crippen LogP contribution in [-0.4, -0.2) is 20.2 Å². The molecule has 0 fully saturated rings. The molecule has 7 aromatic rings. The van der Waals surface area contributed by atoms with Crippen molar-refractivity contribution in [3.05, 3.63) is 119 Å². The number of pyridine rings is 1. The van der Waals surface area contributed by atoms with Crippen LogP contribution >= 0.6 is 11.3 Å². The van der Waals surface area contributed by atoms with Crippen molar-refractivity contribution < 1.29 is 0 Å². The quantitative estimate of drug-likeness (QED) is 0.197. The van der Waals surface area contributed by atoms with E-state index in [0.717, 1.165) is 57.6 Å². The van der Waals surface area contributed by atoms with Crippen molar-refractivity contribution in [2.24, 2.45) is 0 Å². The highest BCUT2D eigenvalue weighted by Crippen LogP contribution is 2.37. The van der Waals surface area contributed by atoms with Crippen molar-refractivity contribution in [3.63, 3.8) is 0 Å². The molecule has 0 saturated carbocycles. The van der Waals surface area contributed by atoms with Crippen LogP contribution in [0.3, 0.4) is 0 Å². The van der Waals surface area contributed by atoms with Crippen LogP contribution in [0.4, 0.5) is 0 Å². The molecule has 0 aliphatic rings. The monoisotopic (exact) mass is 525 g/mol. The van der Waals surface area contributed by atoms with Crippen molar-refractivity contribution in [2.75, 3.05) is 0 Å². The Kier molecular flexibility index (Phi) is 6.04. The Morgan fingerprint density at radius 1 is 0.744 bits per heavy atom. The maximum atomic E-state index is 4.71. The molecule has 0 saturated heterocycles. The number of hydrogen-bond donors (Lipinski definition) is 3. The number of benzene rings is 3. The highest BCUT2D eigenvalue weighted by Gasteiger charge is 2.15. The molecule has 0 radical (unpaired) electrons. The minimum atomic E-state index is 0.760. The van der Waals surface area contributed by atoms with Crippen LogP contribution in [0.2, 0.25) is 0 Å². The molecule has 5 nitrogen and oxygen atoms in total. The molecule has 0 aliphatic heterocycles. The number of rotatable bonds is 7. The van der Waals surface area contributed by atoms with Gasteiger partial charge in [-0.25, -0.2) is 0 Å². The summed E-state index contributed by atoms with van der Waals surface area (Å²) in [6.45, 7) is 3.74. The van der Waals surface area contributed by atoms with Crippen LogP contribution in [0.1, 0.15) is 16.0 Å². The number of aromatic amines is 2. The lowest BCUT2D eigenvalue weighted by atomic mass is 10.0. The van der Waals surface area contributed by atoms with Gasteiger partial charge >= 0.3 is 0 Å². The summed E-state index contributed by atoms with van der Waals surface area (Å²) in [5.41, 5.74) is 9.94. The highest BCUT2D eigenvalue weighted by molar-refractivity contribution is 7.15. The van der Waals surface area contributed by atoms with Gasteiger partial charge in [0.1, 0.15) is 5.69 Å². The molecule has 4 aromatic heterocycles. The van der Waals surface area contributed by atoms with Gasteiger partial charge in [-0.15, -0.1) is 11.3 Å². The van der Waals surface area contributed by atoms with Crippen molar-refractivity contribution in [2.45, 2.75) is 20.0 Å². The normalized spacial score (nSPS) is 11.5. The molecule has 0 bridgehead atoms. The van der Waals surface area contributed by atoms with Gasteiger partial charge in [-0.2, -0.15) is 5.10 Å². The van der Waals surface area contributed by atoms with E-state index in [1.807, 2.05) is 29.8 Å². The van der Waals surface area contributed by atoms with Crippen LogP contribution in [-0.2, 0) is 13.1 Å². The Morgan fingerprint density at radius 2 is 1.64 bits per heavy atom. The summed E-state index contributed by atoms with van der Waals surface area (Å²) < 4.78 is 0. The minimum Gasteiger partial charge on any atom is -0.353 e. The Morgan fingerprint density at radius 3 is 2.51 bits per heavy atom. The lowest BCUT2D eigenvalue weighted by Gasteiger charge is -2.08. The van der Waals surface area contributed by atoms with Crippen molar-refractivity contribution >= 4 is 33.1 Å². The maximum absolute atomic E-state index is 4.71. The van der Waals surface area contributed by atoms with E-state index in [1.54, 1.807) is 0 Å². The fraction of sp³-hybridized carbons (Fsp3) is 0.0909. The van der Waals surface area contributed by atoms with E-state index in [-0.39, 0.29) is 0 Å². The van der Waals surface area contributed by atoms with E-state index in [0.29, 0.717) is 0 Å². The lowest BCUT2D eigenvalue weighted by molar-refractivity contribution is 0.691. The minimum absolute atomic E-state index is 0.760. The van der Waals surface area contributed by atoms with Gasteiger partial charge in [0.05, 0.1) is 11.2 Å². The first-order valence-corrected chi connectivity index (χ1v) is 13.9. The molecule has 6 heteroatoms. The molecular weight excluding hydrogens is 498 g/mol. The first-order valence-electron chi connectivity index (χ1n) is 13.1. The second kappa shape index (κ2) is 9.98. The molecule has 190 valence electrons. The predicted octanol–water partition coefficient (Wildman–Crippen LogP) is 8.10. The van der Waals surface area contributed by atoms with Gasteiger partial charge in [0.15, 0.2) is 0 Å². The first-order chi connectivity index (χ1) is 19.2. The smallest absolute Gasteiger partial charge is 0.116 e. The fourth-order valence-corrected chi connectivity index (χ4v) is 6.07. The number of fused-ring (bicyclic) bond motifs is 2. The molecule has 3 aromatic carbocycles. The Labute approximate surface area is 230 Å². The first kappa shape index (κ1) is 23.6. The van der Waals surface area contributed by atoms with Crippen LogP contribution in [0.15, 0.2) is 103 Å². The molecule has 3 N–H and O–H groups in total. The van der Waals surface area contributed by atoms with E-state index in [4.69, 9.17) is 5.10 Å². The van der Waals surface area contributed by atoms with Gasteiger partial charge in [-0.3, -0.25) is 10.1 Å². The summed E-state index contributed by atoms with van der Waals surface area (Å²) >= 11 is 1.82. The Balaban J connectivity index is 1.20.